The zero-order valence-electron chi connectivity index (χ0n) is 12.4. The maximum atomic E-state index is 8.75. The van der Waals surface area contributed by atoms with Gasteiger partial charge in [-0.25, -0.2) is 0 Å². The molecular weight excluding hydrogens is 266 g/mol. The number of amidine groups is 1. The van der Waals surface area contributed by atoms with E-state index in [2.05, 4.69) is 10.1 Å². The highest BCUT2D eigenvalue weighted by Gasteiger charge is 2.22. The molecule has 0 unspecified atom stereocenters. The third-order valence-electron chi connectivity index (χ3n) is 3.61. The van der Waals surface area contributed by atoms with Crippen molar-refractivity contribution in [1.82, 2.24) is 4.98 Å². The molecule has 5 heteroatoms. The van der Waals surface area contributed by atoms with Crippen molar-refractivity contribution in [2.45, 2.75) is 26.7 Å². The molecule has 1 heterocycles. The van der Waals surface area contributed by atoms with Gasteiger partial charge in [-0.15, -0.1) is 0 Å². The normalized spacial score (nSPS) is 12.6. The van der Waals surface area contributed by atoms with Crippen LogP contribution in [-0.4, -0.2) is 22.6 Å². The van der Waals surface area contributed by atoms with E-state index in [-0.39, 0.29) is 11.3 Å². The van der Waals surface area contributed by atoms with Crippen molar-refractivity contribution in [3.63, 3.8) is 0 Å². The van der Waals surface area contributed by atoms with E-state index in [0.717, 1.165) is 29.5 Å². The second kappa shape index (κ2) is 6.43. The number of hydrogen-bond acceptors (Lipinski definition) is 4. The lowest BCUT2D eigenvalue weighted by Gasteiger charge is -2.22. The number of fused-ring (bicyclic) bond motifs is 1. The largest absolute Gasteiger partial charge is 0.493 e. The van der Waals surface area contributed by atoms with E-state index >= 15 is 0 Å². The van der Waals surface area contributed by atoms with Gasteiger partial charge in [-0.1, -0.05) is 25.1 Å². The lowest BCUT2D eigenvalue weighted by atomic mass is 9.87. The summed E-state index contributed by atoms with van der Waals surface area (Å²) in [5, 5.41) is 12.8. The van der Waals surface area contributed by atoms with Crippen LogP contribution in [0, 0.1) is 5.41 Å². The van der Waals surface area contributed by atoms with Crippen LogP contribution in [0.4, 0.5) is 0 Å². The van der Waals surface area contributed by atoms with Crippen LogP contribution >= 0.6 is 0 Å². The van der Waals surface area contributed by atoms with Gasteiger partial charge in [0.25, 0.3) is 0 Å². The van der Waals surface area contributed by atoms with Crippen molar-refractivity contribution in [3.8, 4) is 5.75 Å². The van der Waals surface area contributed by atoms with E-state index in [1.54, 1.807) is 6.20 Å². The first-order valence-corrected chi connectivity index (χ1v) is 6.99. The number of aromatic nitrogens is 1. The molecule has 0 aliphatic heterocycles. The predicted molar refractivity (Wildman–Crippen MR) is 83.7 cm³/mol. The molecule has 0 saturated carbocycles. The number of oxime groups is 1. The van der Waals surface area contributed by atoms with Crippen LogP contribution in [-0.2, 0) is 0 Å². The molecule has 0 saturated heterocycles. The number of pyridine rings is 1. The van der Waals surface area contributed by atoms with Crippen molar-refractivity contribution in [1.29, 1.82) is 0 Å². The number of hydrogen-bond donors (Lipinski definition) is 2. The van der Waals surface area contributed by atoms with Gasteiger partial charge in [0.1, 0.15) is 11.6 Å². The first-order chi connectivity index (χ1) is 10.0. The third kappa shape index (κ3) is 3.62. The van der Waals surface area contributed by atoms with Gasteiger partial charge in [0.15, 0.2) is 0 Å². The van der Waals surface area contributed by atoms with Crippen LogP contribution in [0.3, 0.4) is 0 Å². The van der Waals surface area contributed by atoms with Crippen LogP contribution in [0.25, 0.3) is 10.9 Å². The summed E-state index contributed by atoms with van der Waals surface area (Å²) in [7, 11) is 0. The molecular formula is C16H21N3O2. The number of rotatable bonds is 6. The Labute approximate surface area is 124 Å². The Bertz CT molecular complexity index is 633. The molecule has 0 fully saturated rings. The highest BCUT2D eigenvalue weighted by Crippen LogP contribution is 2.25. The molecule has 3 N–H and O–H groups in total. The second-order valence-electron chi connectivity index (χ2n) is 5.65. The summed E-state index contributed by atoms with van der Waals surface area (Å²) < 4.78 is 5.84. The van der Waals surface area contributed by atoms with Gasteiger partial charge in [-0.05, 0) is 37.1 Å². The number of nitrogens with two attached hydrogens (primary N) is 1. The van der Waals surface area contributed by atoms with Crippen LogP contribution < -0.4 is 10.5 Å². The number of nitrogens with zero attached hydrogens (tertiary/aromatic N) is 2. The average molecular weight is 287 g/mol. The maximum Gasteiger partial charge on any atom is 0.144 e. The first-order valence-electron chi connectivity index (χ1n) is 6.99. The van der Waals surface area contributed by atoms with E-state index < -0.39 is 0 Å². The molecule has 0 radical (unpaired) electrons. The van der Waals surface area contributed by atoms with Crippen molar-refractivity contribution in [3.05, 3.63) is 36.5 Å². The number of ether oxygens (including phenoxy) is 1. The quantitative estimate of drug-likeness (QED) is 0.281. The monoisotopic (exact) mass is 287 g/mol. The molecule has 0 atom stereocenters. The molecule has 2 rings (SSSR count). The predicted octanol–water partition coefficient (Wildman–Crippen LogP) is 3.17. The molecule has 0 spiro atoms. The third-order valence-corrected chi connectivity index (χ3v) is 3.61. The Morgan fingerprint density at radius 3 is 2.90 bits per heavy atom. The summed E-state index contributed by atoms with van der Waals surface area (Å²) in [6, 6.07) is 9.74. The van der Waals surface area contributed by atoms with E-state index in [0.29, 0.717) is 6.61 Å². The van der Waals surface area contributed by atoms with Crippen molar-refractivity contribution < 1.29 is 9.94 Å². The van der Waals surface area contributed by atoms with Gasteiger partial charge >= 0.3 is 0 Å². The molecule has 0 bridgehead atoms. The molecule has 1 aromatic carbocycles. The lowest BCUT2D eigenvalue weighted by molar-refractivity contribution is 0.279. The Hall–Kier alpha value is -2.30. The van der Waals surface area contributed by atoms with Gasteiger partial charge in [-0.3, -0.25) is 4.98 Å². The minimum atomic E-state index is -0.335. The van der Waals surface area contributed by atoms with E-state index in [1.807, 2.05) is 44.2 Å². The SMILES string of the molecule is CC(C)(CCCOc1cccc2ncccc12)/C(N)=N/O. The molecule has 0 aliphatic rings. The van der Waals surface area contributed by atoms with Gasteiger partial charge in [0, 0.05) is 17.0 Å². The minimum absolute atomic E-state index is 0.247. The average Bonchev–Trinajstić information content (AvgIpc) is 2.50. The molecule has 112 valence electrons. The second-order valence-corrected chi connectivity index (χ2v) is 5.65. The molecule has 21 heavy (non-hydrogen) atoms. The Kier molecular flexibility index (Phi) is 4.62. The summed E-state index contributed by atoms with van der Waals surface area (Å²) in [4.78, 5) is 4.30. The fourth-order valence-electron chi connectivity index (χ4n) is 2.16. The minimum Gasteiger partial charge on any atom is -0.493 e. The van der Waals surface area contributed by atoms with Gasteiger partial charge in [0.05, 0.1) is 12.1 Å². The van der Waals surface area contributed by atoms with Gasteiger partial charge in [-0.2, -0.15) is 0 Å². The highest BCUT2D eigenvalue weighted by atomic mass is 16.5. The van der Waals surface area contributed by atoms with Crippen LogP contribution in [0.5, 0.6) is 5.75 Å². The van der Waals surface area contributed by atoms with Crippen LogP contribution in [0.1, 0.15) is 26.7 Å². The molecule has 1 aromatic heterocycles. The highest BCUT2D eigenvalue weighted by molar-refractivity contribution is 5.85. The van der Waals surface area contributed by atoms with Gasteiger partial charge in [0.2, 0.25) is 0 Å². The maximum absolute atomic E-state index is 8.75. The van der Waals surface area contributed by atoms with Crippen molar-refractivity contribution >= 4 is 16.7 Å². The topological polar surface area (TPSA) is 80.7 Å². The lowest BCUT2D eigenvalue weighted by Crippen LogP contribution is -2.32. The van der Waals surface area contributed by atoms with Crippen molar-refractivity contribution in [2.75, 3.05) is 6.61 Å². The zero-order chi connectivity index (χ0) is 15.3. The zero-order valence-corrected chi connectivity index (χ0v) is 12.4. The summed E-state index contributed by atoms with van der Waals surface area (Å²) in [6.07, 6.45) is 3.37. The smallest absolute Gasteiger partial charge is 0.144 e. The van der Waals surface area contributed by atoms with E-state index in [1.165, 1.54) is 0 Å². The van der Waals surface area contributed by atoms with Gasteiger partial charge < -0.3 is 15.7 Å². The fraction of sp³-hybridized carbons (Fsp3) is 0.375. The Morgan fingerprint density at radius 1 is 1.33 bits per heavy atom. The Morgan fingerprint density at radius 2 is 2.14 bits per heavy atom. The Balaban J connectivity index is 1.94. The molecule has 0 amide bonds. The van der Waals surface area contributed by atoms with Crippen LogP contribution in [0.2, 0.25) is 0 Å². The summed E-state index contributed by atoms with van der Waals surface area (Å²) in [5.41, 5.74) is 6.26. The summed E-state index contributed by atoms with van der Waals surface area (Å²) in [5.74, 6) is 1.08. The molecule has 0 aliphatic carbocycles. The summed E-state index contributed by atoms with van der Waals surface area (Å²) >= 11 is 0. The van der Waals surface area contributed by atoms with Crippen molar-refractivity contribution in [2.24, 2.45) is 16.3 Å². The first kappa shape index (κ1) is 15.1. The summed E-state index contributed by atoms with van der Waals surface area (Å²) in [6.45, 7) is 4.48. The fourth-order valence-corrected chi connectivity index (χ4v) is 2.16. The van der Waals surface area contributed by atoms with Crippen LogP contribution in [0.15, 0.2) is 41.7 Å². The molecule has 5 nitrogen and oxygen atoms in total. The molecule has 2 aromatic rings. The number of benzene rings is 1. The van der Waals surface area contributed by atoms with E-state index in [9.17, 15) is 0 Å². The standard InChI is InChI=1S/C16H21N3O2/c1-16(2,15(17)19-20)9-5-11-21-14-8-3-7-13-12(14)6-4-10-18-13/h3-4,6-8,10,20H,5,9,11H2,1-2H3,(H2,17,19). The van der Waals surface area contributed by atoms with E-state index in [4.69, 9.17) is 15.7 Å².